The second-order valence-corrected chi connectivity index (χ2v) is 10.6. The maximum atomic E-state index is 5.76. The molecule has 42 heavy (non-hydrogen) atoms. The molecule has 0 saturated carbocycles. The van der Waals surface area contributed by atoms with E-state index in [2.05, 4.69) is 31.9 Å². The van der Waals surface area contributed by atoms with E-state index in [0.717, 1.165) is 42.3 Å². The normalized spacial score (nSPS) is 10.6. The number of methoxy groups -OCH3 is 8. The molecule has 10 heteroatoms. The Balaban J connectivity index is 2.17. The highest BCUT2D eigenvalue weighted by Gasteiger charge is 2.24. The van der Waals surface area contributed by atoms with Crippen LogP contribution in [0.5, 0.6) is 46.0 Å². The summed E-state index contributed by atoms with van der Waals surface area (Å²) in [5.41, 5.74) is 5.03. The molecule has 0 aliphatic carbocycles. The zero-order valence-corrected chi connectivity index (χ0v) is 27.8. The van der Waals surface area contributed by atoms with Crippen molar-refractivity contribution >= 4 is 31.9 Å². The molecule has 0 atom stereocenters. The van der Waals surface area contributed by atoms with Crippen LogP contribution in [0.2, 0.25) is 0 Å². The predicted octanol–water partition coefficient (Wildman–Crippen LogP) is 8.28. The Morgan fingerprint density at radius 2 is 0.452 bits per heavy atom. The Kier molecular flexibility index (Phi) is 10.0. The van der Waals surface area contributed by atoms with Crippen LogP contribution in [0.4, 0.5) is 0 Å². The topological polar surface area (TPSA) is 73.8 Å². The summed E-state index contributed by atoms with van der Waals surface area (Å²) < 4.78 is 46.9. The molecule has 0 amide bonds. The van der Waals surface area contributed by atoms with E-state index in [1.54, 1.807) is 56.9 Å². The summed E-state index contributed by atoms with van der Waals surface area (Å²) in [7, 11) is 12.8. The van der Waals surface area contributed by atoms with Gasteiger partial charge < -0.3 is 37.9 Å². The third-order valence-electron chi connectivity index (χ3n) is 6.86. The fraction of sp³-hybridized carbons (Fsp3) is 0.250. The average molecular weight is 704 g/mol. The van der Waals surface area contributed by atoms with Crippen molar-refractivity contribution in [1.82, 2.24) is 0 Å². The van der Waals surface area contributed by atoms with Crippen LogP contribution in [0.15, 0.2) is 57.5 Å². The molecule has 0 unspecified atom stereocenters. The van der Waals surface area contributed by atoms with Gasteiger partial charge in [0.1, 0.15) is 0 Å². The number of hydrogen-bond donors (Lipinski definition) is 0. The second kappa shape index (κ2) is 13.5. The van der Waals surface area contributed by atoms with Gasteiger partial charge in [0.05, 0.1) is 56.9 Å². The number of halogens is 2. The molecule has 222 valence electrons. The molecule has 0 N–H and O–H groups in total. The third-order valence-corrected chi connectivity index (χ3v) is 8.18. The first kappa shape index (κ1) is 31.2. The summed E-state index contributed by atoms with van der Waals surface area (Å²) in [6.45, 7) is 0. The highest BCUT2D eigenvalue weighted by atomic mass is 79.9. The molecule has 0 radical (unpaired) electrons. The first-order valence-electron chi connectivity index (χ1n) is 12.6. The molecule has 4 aromatic carbocycles. The smallest absolute Gasteiger partial charge is 0.161 e. The van der Waals surface area contributed by atoms with Gasteiger partial charge in [-0.3, -0.25) is 0 Å². The lowest BCUT2D eigenvalue weighted by molar-refractivity contribution is 0.354. The van der Waals surface area contributed by atoms with Gasteiger partial charge in [0.2, 0.25) is 0 Å². The number of ether oxygens (including phenoxy) is 8. The predicted molar refractivity (Wildman–Crippen MR) is 171 cm³/mol. The van der Waals surface area contributed by atoms with Crippen LogP contribution in [-0.4, -0.2) is 56.9 Å². The Morgan fingerprint density at radius 1 is 0.286 bits per heavy atom. The van der Waals surface area contributed by atoms with Crippen molar-refractivity contribution < 1.29 is 37.9 Å². The van der Waals surface area contributed by atoms with E-state index in [9.17, 15) is 0 Å². The molecule has 0 aliphatic heterocycles. The number of hydrogen-bond acceptors (Lipinski definition) is 8. The highest BCUT2D eigenvalue weighted by molar-refractivity contribution is 9.11. The molecular formula is C32H32Br2O8. The lowest BCUT2D eigenvalue weighted by Gasteiger charge is -2.22. The van der Waals surface area contributed by atoms with E-state index in [-0.39, 0.29) is 0 Å². The van der Waals surface area contributed by atoms with Gasteiger partial charge in [-0.25, -0.2) is 0 Å². The van der Waals surface area contributed by atoms with Gasteiger partial charge in [-0.05, 0) is 70.8 Å². The van der Waals surface area contributed by atoms with Gasteiger partial charge in [-0.1, -0.05) is 31.9 Å². The third kappa shape index (κ3) is 5.78. The summed E-state index contributed by atoms with van der Waals surface area (Å²) in [4.78, 5) is 0. The molecule has 8 nitrogen and oxygen atoms in total. The summed E-state index contributed by atoms with van der Waals surface area (Å²) in [6, 6.07) is 15.3. The molecule has 4 aromatic rings. The van der Waals surface area contributed by atoms with E-state index in [4.69, 9.17) is 37.9 Å². The van der Waals surface area contributed by atoms with Gasteiger partial charge in [0.25, 0.3) is 0 Å². The number of rotatable bonds is 11. The monoisotopic (exact) mass is 702 g/mol. The summed E-state index contributed by atoms with van der Waals surface area (Å²) in [5.74, 6) is 4.57. The maximum Gasteiger partial charge on any atom is 0.161 e. The molecule has 0 aliphatic rings. The van der Waals surface area contributed by atoms with Crippen LogP contribution in [0.25, 0.3) is 33.4 Å². The van der Waals surface area contributed by atoms with Crippen molar-refractivity contribution in [2.24, 2.45) is 0 Å². The van der Waals surface area contributed by atoms with E-state index in [0.29, 0.717) is 46.0 Å². The van der Waals surface area contributed by atoms with E-state index in [1.807, 2.05) is 48.5 Å². The molecule has 0 heterocycles. The van der Waals surface area contributed by atoms with Crippen molar-refractivity contribution in [2.45, 2.75) is 0 Å². The standard InChI is InChI=1S/C32H32Br2O8/c1-35-25-9-17(19(11-27(25)37-3)21-13-29(39-5)31(41-7)15-23(21)33)18-10-26(36-2)28(38-4)12-20(18)22-14-30(40-6)32(42-8)16-24(22)34/h9-16H,1-8H3. The van der Waals surface area contributed by atoms with Crippen molar-refractivity contribution in [1.29, 1.82) is 0 Å². The Morgan fingerprint density at radius 3 is 0.667 bits per heavy atom. The Bertz CT molecular complexity index is 1480. The van der Waals surface area contributed by atoms with Crippen molar-refractivity contribution in [2.75, 3.05) is 56.9 Å². The Labute approximate surface area is 262 Å². The summed E-state index contributed by atoms with van der Waals surface area (Å²) in [6.07, 6.45) is 0. The zero-order valence-electron chi connectivity index (χ0n) is 24.6. The van der Waals surface area contributed by atoms with Gasteiger partial charge >= 0.3 is 0 Å². The highest BCUT2D eigenvalue weighted by Crippen LogP contribution is 2.51. The minimum Gasteiger partial charge on any atom is -0.493 e. The first-order chi connectivity index (χ1) is 20.3. The van der Waals surface area contributed by atoms with Crippen LogP contribution in [0.1, 0.15) is 0 Å². The van der Waals surface area contributed by atoms with Crippen molar-refractivity contribution in [3.63, 3.8) is 0 Å². The van der Waals surface area contributed by atoms with E-state index >= 15 is 0 Å². The van der Waals surface area contributed by atoms with Crippen molar-refractivity contribution in [3.8, 4) is 79.4 Å². The fourth-order valence-corrected chi connectivity index (χ4v) is 5.84. The van der Waals surface area contributed by atoms with Crippen molar-refractivity contribution in [3.05, 3.63) is 57.5 Å². The second-order valence-electron chi connectivity index (χ2n) is 8.88. The van der Waals surface area contributed by atoms with Gasteiger partial charge in [-0.2, -0.15) is 0 Å². The van der Waals surface area contributed by atoms with E-state index in [1.165, 1.54) is 0 Å². The lowest BCUT2D eigenvalue weighted by atomic mass is 9.88. The first-order valence-corrected chi connectivity index (χ1v) is 14.2. The van der Waals surface area contributed by atoms with Crippen LogP contribution >= 0.6 is 31.9 Å². The molecule has 0 saturated heterocycles. The van der Waals surface area contributed by atoms with Gasteiger partial charge in [-0.15, -0.1) is 0 Å². The largest absolute Gasteiger partial charge is 0.493 e. The minimum atomic E-state index is 0.556. The quantitative estimate of drug-likeness (QED) is 0.155. The molecule has 0 fully saturated rings. The Hall–Kier alpha value is -3.76. The average Bonchev–Trinajstić information content (AvgIpc) is 3.03. The SMILES string of the molecule is COc1cc(Br)c(-c2cc(OC)c(OC)cc2-c2cc(OC)c(OC)cc2-c2cc(OC)c(OC)cc2Br)cc1OC. The van der Waals surface area contributed by atoms with Crippen LogP contribution in [0, 0.1) is 0 Å². The molecule has 0 bridgehead atoms. The molecule has 0 aromatic heterocycles. The maximum absolute atomic E-state index is 5.76. The van der Waals surface area contributed by atoms with Gasteiger partial charge in [0.15, 0.2) is 46.0 Å². The summed E-state index contributed by atoms with van der Waals surface area (Å²) >= 11 is 7.49. The van der Waals surface area contributed by atoms with E-state index < -0.39 is 0 Å². The van der Waals surface area contributed by atoms with Gasteiger partial charge in [0, 0.05) is 20.1 Å². The van der Waals surface area contributed by atoms with Crippen LogP contribution in [0.3, 0.4) is 0 Å². The fourth-order valence-electron chi connectivity index (χ4n) is 4.77. The lowest BCUT2D eigenvalue weighted by Crippen LogP contribution is -1.99. The van der Waals surface area contributed by atoms with Crippen LogP contribution in [-0.2, 0) is 0 Å². The molecule has 4 rings (SSSR count). The molecule has 0 spiro atoms. The zero-order chi connectivity index (χ0) is 30.6. The molecular weight excluding hydrogens is 672 g/mol. The van der Waals surface area contributed by atoms with Crippen LogP contribution < -0.4 is 37.9 Å². The minimum absolute atomic E-state index is 0.556. The summed E-state index contributed by atoms with van der Waals surface area (Å²) in [5, 5.41) is 0. The number of benzene rings is 4.